The molecule has 0 saturated carbocycles. The van der Waals surface area contributed by atoms with E-state index in [0.29, 0.717) is 12.0 Å². The van der Waals surface area contributed by atoms with Gasteiger partial charge in [-0.3, -0.25) is 4.79 Å². The summed E-state index contributed by atoms with van der Waals surface area (Å²) in [7, 11) is 0. The van der Waals surface area contributed by atoms with E-state index in [9.17, 15) is 9.18 Å². The maximum absolute atomic E-state index is 11.7. The molecule has 1 heterocycles. The lowest BCUT2D eigenvalue weighted by Gasteiger charge is -1.94. The molecule has 0 atom stereocenters. The van der Waals surface area contributed by atoms with E-state index in [-0.39, 0.29) is 6.54 Å². The molecule has 0 amide bonds. The van der Waals surface area contributed by atoms with Gasteiger partial charge in [0, 0.05) is 0 Å². The molecular formula is C5H6FN3O. The van der Waals surface area contributed by atoms with Crippen LogP contribution in [-0.2, 0) is 6.54 Å². The molecule has 54 valence electrons. The minimum Gasteiger partial charge on any atom is -0.296 e. The molecule has 4 nitrogen and oxygen atoms in total. The number of aromatic nitrogens is 3. The molecule has 0 radical (unpaired) electrons. The lowest BCUT2D eigenvalue weighted by molar-refractivity contribution is 0.111. The SMILES string of the molecule is O=Cc1cnnn1CCF. The van der Waals surface area contributed by atoms with Crippen LogP contribution in [0, 0.1) is 0 Å². The lowest BCUT2D eigenvalue weighted by Crippen LogP contribution is -2.05. The molecule has 0 aliphatic carbocycles. The highest BCUT2D eigenvalue weighted by atomic mass is 19.1. The molecule has 0 spiro atoms. The summed E-state index contributed by atoms with van der Waals surface area (Å²) < 4.78 is 12.9. The maximum Gasteiger partial charge on any atom is 0.169 e. The number of alkyl halides is 1. The van der Waals surface area contributed by atoms with Crippen molar-refractivity contribution in [1.82, 2.24) is 15.0 Å². The summed E-state index contributed by atoms with van der Waals surface area (Å²) >= 11 is 0. The van der Waals surface area contributed by atoms with Crippen molar-refractivity contribution in [2.24, 2.45) is 0 Å². The first-order valence-electron chi connectivity index (χ1n) is 2.78. The summed E-state index contributed by atoms with van der Waals surface area (Å²) in [5.41, 5.74) is 0.303. The van der Waals surface area contributed by atoms with E-state index in [1.54, 1.807) is 0 Å². The fourth-order valence-corrected chi connectivity index (χ4v) is 0.611. The monoisotopic (exact) mass is 143 g/mol. The number of carbonyl (C=O) groups is 1. The van der Waals surface area contributed by atoms with Gasteiger partial charge in [-0.15, -0.1) is 5.10 Å². The fraction of sp³-hybridized carbons (Fsp3) is 0.400. The van der Waals surface area contributed by atoms with Gasteiger partial charge in [0.1, 0.15) is 12.4 Å². The van der Waals surface area contributed by atoms with Gasteiger partial charge in [-0.25, -0.2) is 9.07 Å². The second-order valence-corrected chi connectivity index (χ2v) is 1.69. The molecule has 0 bridgehead atoms. The second-order valence-electron chi connectivity index (χ2n) is 1.69. The Bertz CT molecular complexity index is 222. The zero-order valence-corrected chi connectivity index (χ0v) is 5.20. The third kappa shape index (κ3) is 1.18. The van der Waals surface area contributed by atoms with Gasteiger partial charge in [-0.05, 0) is 0 Å². The van der Waals surface area contributed by atoms with Gasteiger partial charge >= 0.3 is 0 Å². The van der Waals surface area contributed by atoms with Crippen LogP contribution in [0.4, 0.5) is 4.39 Å². The van der Waals surface area contributed by atoms with Gasteiger partial charge in [0.25, 0.3) is 0 Å². The van der Waals surface area contributed by atoms with Crippen LogP contribution in [0.2, 0.25) is 0 Å². The predicted molar refractivity (Wildman–Crippen MR) is 31.4 cm³/mol. The van der Waals surface area contributed by atoms with E-state index in [1.165, 1.54) is 10.9 Å². The van der Waals surface area contributed by atoms with Crippen molar-refractivity contribution in [3.05, 3.63) is 11.9 Å². The van der Waals surface area contributed by atoms with Crippen LogP contribution < -0.4 is 0 Å². The summed E-state index contributed by atoms with van der Waals surface area (Å²) in [6.45, 7) is -0.446. The summed E-state index contributed by atoms with van der Waals surface area (Å²) in [5, 5.41) is 6.90. The molecule has 5 heteroatoms. The Kier molecular flexibility index (Phi) is 2.09. The first-order valence-corrected chi connectivity index (χ1v) is 2.78. The standard InChI is InChI=1S/C5H6FN3O/c6-1-2-9-5(4-10)3-7-8-9/h3-4H,1-2H2. The van der Waals surface area contributed by atoms with Crippen LogP contribution in [0.5, 0.6) is 0 Å². The highest BCUT2D eigenvalue weighted by molar-refractivity contribution is 5.71. The third-order valence-electron chi connectivity index (χ3n) is 1.06. The average Bonchev–Trinajstić information content (AvgIpc) is 2.36. The van der Waals surface area contributed by atoms with Crippen molar-refractivity contribution in [1.29, 1.82) is 0 Å². The number of aryl methyl sites for hydroxylation is 1. The number of rotatable bonds is 3. The summed E-state index contributed by atoms with van der Waals surface area (Å²) in [5.74, 6) is 0. The molecule has 0 aliphatic heterocycles. The van der Waals surface area contributed by atoms with Gasteiger partial charge in [0.05, 0.1) is 12.7 Å². The molecule has 1 aromatic rings. The number of halogens is 1. The quantitative estimate of drug-likeness (QED) is 0.562. The Labute approximate surface area is 56.6 Å². The first-order chi connectivity index (χ1) is 4.88. The Hall–Kier alpha value is -1.26. The molecule has 0 aromatic carbocycles. The third-order valence-corrected chi connectivity index (χ3v) is 1.06. The Morgan fingerprint density at radius 1 is 1.80 bits per heavy atom. The van der Waals surface area contributed by atoms with Crippen molar-refractivity contribution in [3.8, 4) is 0 Å². The van der Waals surface area contributed by atoms with E-state index >= 15 is 0 Å². The van der Waals surface area contributed by atoms with E-state index < -0.39 is 6.67 Å². The average molecular weight is 143 g/mol. The second kappa shape index (κ2) is 3.05. The van der Waals surface area contributed by atoms with E-state index in [0.717, 1.165) is 0 Å². The number of aldehydes is 1. The van der Waals surface area contributed by atoms with Crippen LogP contribution >= 0.6 is 0 Å². The molecule has 0 unspecified atom stereocenters. The zero-order valence-electron chi connectivity index (χ0n) is 5.20. The topological polar surface area (TPSA) is 47.8 Å². The lowest BCUT2D eigenvalue weighted by atomic mass is 10.5. The first kappa shape index (κ1) is 6.85. The smallest absolute Gasteiger partial charge is 0.169 e. The van der Waals surface area contributed by atoms with Crippen molar-refractivity contribution in [2.45, 2.75) is 6.54 Å². The molecule has 1 rings (SSSR count). The zero-order chi connectivity index (χ0) is 7.40. The largest absolute Gasteiger partial charge is 0.296 e. The van der Waals surface area contributed by atoms with Crippen LogP contribution in [0.15, 0.2) is 6.20 Å². The highest BCUT2D eigenvalue weighted by Gasteiger charge is 1.99. The fourth-order valence-electron chi connectivity index (χ4n) is 0.611. The van der Waals surface area contributed by atoms with E-state index in [1.807, 2.05) is 0 Å². The summed E-state index contributed by atoms with van der Waals surface area (Å²) in [6, 6.07) is 0. The molecule has 0 aliphatic rings. The molecular weight excluding hydrogens is 137 g/mol. The van der Waals surface area contributed by atoms with Crippen LogP contribution in [0.1, 0.15) is 10.5 Å². The highest BCUT2D eigenvalue weighted by Crippen LogP contribution is 1.90. The van der Waals surface area contributed by atoms with Gasteiger partial charge in [-0.1, -0.05) is 5.21 Å². The van der Waals surface area contributed by atoms with Crippen LogP contribution in [-0.4, -0.2) is 28.0 Å². The van der Waals surface area contributed by atoms with Crippen molar-refractivity contribution in [3.63, 3.8) is 0 Å². The number of nitrogens with zero attached hydrogens (tertiary/aromatic N) is 3. The summed E-state index contributed by atoms with van der Waals surface area (Å²) in [4.78, 5) is 10.1. The molecule has 0 fully saturated rings. The number of hydrogen-bond acceptors (Lipinski definition) is 3. The number of hydrogen-bond donors (Lipinski definition) is 0. The maximum atomic E-state index is 11.7. The molecule has 1 aromatic heterocycles. The summed E-state index contributed by atoms with van der Waals surface area (Å²) in [6.07, 6.45) is 1.89. The number of carbonyl (C=O) groups excluding carboxylic acids is 1. The molecule has 0 N–H and O–H groups in total. The minimum absolute atomic E-state index is 0.0913. The van der Waals surface area contributed by atoms with Crippen molar-refractivity contribution in [2.75, 3.05) is 6.67 Å². The molecule has 0 saturated heterocycles. The normalized spacial score (nSPS) is 9.70. The Morgan fingerprint density at radius 3 is 3.20 bits per heavy atom. The molecule has 10 heavy (non-hydrogen) atoms. The van der Waals surface area contributed by atoms with Gasteiger partial charge in [-0.2, -0.15) is 0 Å². The van der Waals surface area contributed by atoms with Crippen LogP contribution in [0.3, 0.4) is 0 Å². The van der Waals surface area contributed by atoms with Gasteiger partial charge in [0.2, 0.25) is 0 Å². The van der Waals surface area contributed by atoms with Crippen LogP contribution in [0.25, 0.3) is 0 Å². The Balaban J connectivity index is 2.79. The van der Waals surface area contributed by atoms with Crippen molar-refractivity contribution >= 4 is 6.29 Å². The minimum atomic E-state index is -0.538. The van der Waals surface area contributed by atoms with E-state index in [4.69, 9.17) is 0 Å². The van der Waals surface area contributed by atoms with Gasteiger partial charge in [0.15, 0.2) is 6.29 Å². The predicted octanol–water partition coefficient (Wildman–Crippen LogP) is 0.0601. The van der Waals surface area contributed by atoms with E-state index in [2.05, 4.69) is 10.3 Å². The van der Waals surface area contributed by atoms with Gasteiger partial charge < -0.3 is 0 Å². The van der Waals surface area contributed by atoms with Crippen molar-refractivity contribution < 1.29 is 9.18 Å². The Morgan fingerprint density at radius 2 is 2.60 bits per heavy atom.